The van der Waals surface area contributed by atoms with Gasteiger partial charge >= 0.3 is 29.0 Å². The third-order valence-electron chi connectivity index (χ3n) is 5.71. The molecule has 1 fully saturated rings. The van der Waals surface area contributed by atoms with Gasteiger partial charge in [0.05, 0.1) is 30.7 Å². The summed E-state index contributed by atoms with van der Waals surface area (Å²) in [6, 6.07) is 14.6. The predicted molar refractivity (Wildman–Crippen MR) is 136 cm³/mol. The molecule has 184 valence electrons. The summed E-state index contributed by atoms with van der Waals surface area (Å²) in [5.41, 5.74) is 1.42. The minimum Gasteiger partial charge on any atom is -1.00 e. The van der Waals surface area contributed by atoms with Gasteiger partial charge in [-0.25, -0.2) is 9.78 Å². The van der Waals surface area contributed by atoms with E-state index in [-0.39, 0.29) is 44.5 Å². The number of carbonyl (C=O) groups is 1. The van der Waals surface area contributed by atoms with Crippen LogP contribution >= 0.6 is 0 Å². The number of carboxylic acid groups (broad SMARTS) is 1. The number of carboxylic acids is 1. The number of ether oxygens (including phenoxy) is 3. The molecule has 2 aromatic carbocycles. The average Bonchev–Trinajstić information content (AvgIpc) is 2.86. The molecule has 0 spiro atoms. The first-order valence-corrected chi connectivity index (χ1v) is 11.4. The maximum Gasteiger partial charge on any atom is 2.00 e. The first-order chi connectivity index (χ1) is 16.6. The standard InChI is InChI=1S/C25H29N3O6.Mg.2H/c1-2-33-22(24(30)31)17-18-7-9-19(10-8-18)34-16-13-28-23(29)20-5-3-4-6-21(20)26-25(28)27-11-14-32-15-12-27;;;/h3-10,22H,2,11-17H2,1H3,(H,30,31);;;/q;+2;2*-1. The van der Waals surface area contributed by atoms with Crippen molar-refractivity contribution in [3.63, 3.8) is 0 Å². The van der Waals surface area contributed by atoms with Crippen LogP contribution in [0.15, 0.2) is 53.3 Å². The van der Waals surface area contributed by atoms with E-state index in [1.165, 1.54) is 0 Å². The van der Waals surface area contributed by atoms with Gasteiger partial charge in [-0.05, 0) is 36.8 Å². The molecule has 1 N–H and O–H groups in total. The van der Waals surface area contributed by atoms with Crippen LogP contribution in [0.25, 0.3) is 10.9 Å². The van der Waals surface area contributed by atoms with Crippen LogP contribution in [0.4, 0.5) is 5.95 Å². The molecule has 0 aliphatic carbocycles. The maximum absolute atomic E-state index is 13.2. The Bertz CT molecular complexity index is 1190. The quantitative estimate of drug-likeness (QED) is 0.429. The second kappa shape index (κ2) is 12.9. The van der Waals surface area contributed by atoms with Gasteiger partial charge in [0.15, 0.2) is 6.10 Å². The van der Waals surface area contributed by atoms with E-state index in [1.54, 1.807) is 29.7 Å². The zero-order chi connectivity index (χ0) is 23.9. The number of aliphatic carboxylic acids is 1. The molecule has 0 radical (unpaired) electrons. The Morgan fingerprint density at radius 3 is 2.57 bits per heavy atom. The maximum atomic E-state index is 13.2. The van der Waals surface area contributed by atoms with Gasteiger partial charge in [0.1, 0.15) is 12.4 Å². The number of rotatable bonds is 10. The Morgan fingerprint density at radius 1 is 1.17 bits per heavy atom. The van der Waals surface area contributed by atoms with Crippen molar-refractivity contribution in [3.05, 3.63) is 64.4 Å². The van der Waals surface area contributed by atoms with E-state index in [2.05, 4.69) is 4.90 Å². The number of anilines is 1. The molecule has 2 heterocycles. The van der Waals surface area contributed by atoms with Crippen LogP contribution in [0.5, 0.6) is 5.75 Å². The van der Waals surface area contributed by atoms with Gasteiger partial charge in [-0.1, -0.05) is 24.3 Å². The number of hydrogen-bond acceptors (Lipinski definition) is 7. The van der Waals surface area contributed by atoms with Crippen molar-refractivity contribution >= 4 is 45.9 Å². The molecule has 0 saturated carbocycles. The number of benzene rings is 2. The predicted octanol–water partition coefficient (Wildman–Crippen LogP) is 2.19. The molecular weight excluding hydrogens is 463 g/mol. The number of fused-ring (bicyclic) bond motifs is 1. The molecule has 1 aliphatic rings. The topological polar surface area (TPSA) is 103 Å². The molecule has 1 unspecified atom stereocenters. The summed E-state index contributed by atoms with van der Waals surface area (Å²) in [5, 5.41) is 9.83. The smallest absolute Gasteiger partial charge is 1.00 e. The molecular formula is C25H31MgN3O6. The number of nitrogens with zero attached hydrogens (tertiary/aromatic N) is 3. The Hall–Kier alpha value is -2.66. The van der Waals surface area contributed by atoms with Crippen molar-refractivity contribution in [3.8, 4) is 5.75 Å². The Morgan fingerprint density at radius 2 is 1.89 bits per heavy atom. The molecule has 3 aromatic rings. The molecule has 10 heteroatoms. The van der Waals surface area contributed by atoms with E-state index < -0.39 is 12.1 Å². The van der Waals surface area contributed by atoms with E-state index in [1.807, 2.05) is 30.3 Å². The van der Waals surface area contributed by atoms with Crippen molar-refractivity contribution in [2.24, 2.45) is 0 Å². The van der Waals surface area contributed by atoms with Crippen LogP contribution in [0, 0.1) is 0 Å². The van der Waals surface area contributed by atoms with Gasteiger partial charge in [0, 0.05) is 26.1 Å². The molecule has 1 atom stereocenters. The molecule has 9 nitrogen and oxygen atoms in total. The second-order valence-corrected chi connectivity index (χ2v) is 7.96. The number of para-hydroxylation sites is 1. The third kappa shape index (κ3) is 6.72. The molecule has 4 rings (SSSR count). The van der Waals surface area contributed by atoms with E-state index >= 15 is 0 Å². The van der Waals surface area contributed by atoms with Crippen LogP contribution in [-0.2, 0) is 27.2 Å². The zero-order valence-corrected chi connectivity index (χ0v) is 21.3. The largest absolute Gasteiger partial charge is 2.00 e. The van der Waals surface area contributed by atoms with Crippen LogP contribution in [0.2, 0.25) is 0 Å². The second-order valence-electron chi connectivity index (χ2n) is 7.96. The van der Waals surface area contributed by atoms with Crippen molar-refractivity contribution in [2.45, 2.75) is 26.0 Å². The number of morpholine rings is 1. The molecule has 0 amide bonds. The molecule has 1 aliphatic heterocycles. The summed E-state index contributed by atoms with van der Waals surface area (Å²) in [5.74, 6) is 0.288. The van der Waals surface area contributed by atoms with Crippen LogP contribution in [0.3, 0.4) is 0 Å². The summed E-state index contributed by atoms with van der Waals surface area (Å²) in [6.07, 6.45) is -0.590. The van der Waals surface area contributed by atoms with E-state index in [0.29, 0.717) is 62.1 Å². The summed E-state index contributed by atoms with van der Waals surface area (Å²) < 4.78 is 18.3. The summed E-state index contributed by atoms with van der Waals surface area (Å²) >= 11 is 0. The van der Waals surface area contributed by atoms with Gasteiger partial charge in [-0.2, -0.15) is 0 Å². The number of aromatic nitrogens is 2. The first-order valence-electron chi connectivity index (χ1n) is 11.4. The van der Waals surface area contributed by atoms with Crippen LogP contribution in [0.1, 0.15) is 15.3 Å². The van der Waals surface area contributed by atoms with Gasteiger partial charge < -0.3 is 27.1 Å². The summed E-state index contributed by atoms with van der Waals surface area (Å²) in [6.45, 7) is 5.28. The fourth-order valence-electron chi connectivity index (χ4n) is 3.97. The fourth-order valence-corrected chi connectivity index (χ4v) is 3.97. The molecule has 1 saturated heterocycles. The van der Waals surface area contributed by atoms with Crippen molar-refractivity contribution in [1.82, 2.24) is 9.55 Å². The summed E-state index contributed by atoms with van der Waals surface area (Å²) in [7, 11) is 0. The number of hydrogen-bond donors (Lipinski definition) is 1. The summed E-state index contributed by atoms with van der Waals surface area (Å²) in [4.78, 5) is 31.4. The van der Waals surface area contributed by atoms with Crippen LogP contribution in [-0.4, -0.2) is 89.3 Å². The minimum atomic E-state index is -0.979. The minimum absolute atomic E-state index is 0. The van der Waals surface area contributed by atoms with E-state index in [4.69, 9.17) is 19.2 Å². The Balaban J connectivity index is 0.00000228. The van der Waals surface area contributed by atoms with Crippen molar-refractivity contribution in [1.29, 1.82) is 0 Å². The monoisotopic (exact) mass is 493 g/mol. The Kier molecular flexibility index (Phi) is 9.90. The van der Waals surface area contributed by atoms with E-state index in [0.717, 1.165) is 5.56 Å². The van der Waals surface area contributed by atoms with E-state index in [9.17, 15) is 14.7 Å². The molecule has 35 heavy (non-hydrogen) atoms. The van der Waals surface area contributed by atoms with Crippen molar-refractivity contribution < 1.29 is 27.0 Å². The molecule has 1 aromatic heterocycles. The SMILES string of the molecule is CCOC(Cc1ccc(OCCn2c(N3CCOCC3)nc3ccccc3c2=O)cc1)C(=O)O.[H-].[H-].[Mg+2]. The third-order valence-corrected chi connectivity index (χ3v) is 5.71. The normalized spacial score (nSPS) is 14.4. The Labute approximate surface area is 222 Å². The van der Waals surface area contributed by atoms with Gasteiger partial charge in [0.2, 0.25) is 5.95 Å². The zero-order valence-electron chi connectivity index (χ0n) is 21.9. The van der Waals surface area contributed by atoms with Gasteiger partial charge in [-0.3, -0.25) is 9.36 Å². The fraction of sp³-hybridized carbons (Fsp3) is 0.400. The average molecular weight is 494 g/mol. The molecule has 0 bridgehead atoms. The van der Waals surface area contributed by atoms with Crippen LogP contribution < -0.4 is 15.2 Å². The van der Waals surface area contributed by atoms with Crippen molar-refractivity contribution in [2.75, 3.05) is 44.4 Å². The van der Waals surface area contributed by atoms with Gasteiger partial charge in [-0.15, -0.1) is 0 Å². The first kappa shape index (κ1) is 26.9. The van der Waals surface area contributed by atoms with Gasteiger partial charge in [0.25, 0.3) is 5.56 Å².